The number of phenolic OH excluding ortho intramolecular Hbond substituents is 1. The molecular weight excluding hydrogens is 536 g/mol. The van der Waals surface area contributed by atoms with Gasteiger partial charge in [-0.2, -0.15) is 0 Å². The third kappa shape index (κ3) is 3.57. The molecule has 0 radical (unpaired) electrons. The van der Waals surface area contributed by atoms with Crippen LogP contribution >= 0.6 is 0 Å². The summed E-state index contributed by atoms with van der Waals surface area (Å²) in [5, 5.41) is 58.8. The summed E-state index contributed by atoms with van der Waals surface area (Å²) in [6.07, 6.45) is 3.71. The van der Waals surface area contributed by atoms with Crippen molar-refractivity contribution in [2.45, 2.75) is 104 Å². The van der Waals surface area contributed by atoms with Crippen LogP contribution < -0.4 is 0 Å². The van der Waals surface area contributed by atoms with Crippen molar-refractivity contribution in [2.24, 2.45) is 28.1 Å². The number of fused-ring (bicyclic) bond motifs is 3. The molecule has 42 heavy (non-hydrogen) atoms. The second-order valence-corrected chi connectivity index (χ2v) is 14.0. The quantitative estimate of drug-likeness (QED) is 0.288. The molecule has 0 heterocycles. The van der Waals surface area contributed by atoms with Crippen molar-refractivity contribution in [2.75, 3.05) is 0 Å². The Morgan fingerprint density at radius 3 is 2.24 bits per heavy atom. The SMILES string of the molecule is CCC1(CC(=O)C2=C(O)[C@]3(O)C(=O)C4=C(O)c5c(O)cccc5[C@@H](C)[C@]4(C)[C@@H](O)[C@]3(C)C(C(C)C)C2=O)CCCCC1. The zero-order valence-electron chi connectivity index (χ0n) is 25.5. The fourth-order valence-electron chi connectivity index (χ4n) is 9.20. The standard InChI is InChI=1S/C34H44O8/c1-7-33(14-9-8-10-15-33)16-21(36)23-27(38)24(17(2)3)32(6)30(41)31(5)18(4)19-12-11-13-20(35)22(19)26(37)25(31)29(40)34(32,42)28(23)39/h11-13,17-18,24,30,35,37,39,41-42H,7-10,14-16H2,1-6H3/t18-,24?,30-,31+,32+,34+/m1/s1. The van der Waals surface area contributed by atoms with E-state index in [4.69, 9.17) is 0 Å². The molecule has 228 valence electrons. The number of carbonyl (C=O) groups is 3. The maximum Gasteiger partial charge on any atom is 0.203 e. The Morgan fingerprint density at radius 1 is 1.05 bits per heavy atom. The number of phenols is 1. The second-order valence-electron chi connectivity index (χ2n) is 14.0. The van der Waals surface area contributed by atoms with Crippen LogP contribution in [0.1, 0.15) is 104 Å². The number of ketones is 3. The van der Waals surface area contributed by atoms with E-state index in [9.17, 15) is 39.9 Å². The van der Waals surface area contributed by atoms with E-state index in [1.165, 1.54) is 13.0 Å². The van der Waals surface area contributed by atoms with E-state index in [2.05, 4.69) is 0 Å². The summed E-state index contributed by atoms with van der Waals surface area (Å²) in [7, 11) is 0. The molecular formula is C34H44O8. The van der Waals surface area contributed by atoms with E-state index in [1.54, 1.807) is 39.8 Å². The van der Waals surface area contributed by atoms with Crippen molar-refractivity contribution in [1.82, 2.24) is 0 Å². The topological polar surface area (TPSA) is 152 Å². The van der Waals surface area contributed by atoms with E-state index in [0.717, 1.165) is 32.1 Å². The van der Waals surface area contributed by atoms with Crippen molar-refractivity contribution >= 4 is 23.1 Å². The minimum absolute atomic E-state index is 0.00688. The molecule has 8 heteroatoms. The molecule has 0 bridgehead atoms. The third-order valence-electron chi connectivity index (χ3n) is 11.8. The number of benzene rings is 1. The maximum atomic E-state index is 14.6. The van der Waals surface area contributed by atoms with E-state index < -0.39 is 74.7 Å². The monoisotopic (exact) mass is 580 g/mol. The molecule has 4 aliphatic rings. The number of aromatic hydroxyl groups is 1. The lowest BCUT2D eigenvalue weighted by Gasteiger charge is -2.63. The van der Waals surface area contributed by atoms with E-state index in [0.29, 0.717) is 12.0 Å². The van der Waals surface area contributed by atoms with Crippen molar-refractivity contribution in [3.8, 4) is 5.75 Å². The van der Waals surface area contributed by atoms with Crippen LogP contribution in [0.25, 0.3) is 5.76 Å². The van der Waals surface area contributed by atoms with Gasteiger partial charge in [0.1, 0.15) is 22.8 Å². The first-order valence-electron chi connectivity index (χ1n) is 15.3. The Morgan fingerprint density at radius 2 is 1.67 bits per heavy atom. The predicted molar refractivity (Wildman–Crippen MR) is 157 cm³/mol. The summed E-state index contributed by atoms with van der Waals surface area (Å²) in [6.45, 7) is 10.2. The van der Waals surface area contributed by atoms with Crippen LogP contribution in [-0.4, -0.2) is 54.6 Å². The Hall–Kier alpha value is -2.97. The van der Waals surface area contributed by atoms with Crippen molar-refractivity contribution < 1.29 is 39.9 Å². The van der Waals surface area contributed by atoms with Crippen LogP contribution in [-0.2, 0) is 14.4 Å². The number of rotatable bonds is 5. The predicted octanol–water partition coefficient (Wildman–Crippen LogP) is 5.45. The van der Waals surface area contributed by atoms with Gasteiger partial charge < -0.3 is 25.5 Å². The first kappa shape index (κ1) is 30.5. The normalized spacial score (nSPS) is 36.1. The Bertz CT molecular complexity index is 1430. The Labute approximate surface area is 247 Å². The van der Waals surface area contributed by atoms with Crippen molar-refractivity contribution in [1.29, 1.82) is 0 Å². The highest BCUT2D eigenvalue weighted by Gasteiger charge is 2.77. The van der Waals surface area contributed by atoms with Gasteiger partial charge in [-0.3, -0.25) is 14.4 Å². The summed E-state index contributed by atoms with van der Waals surface area (Å²) in [4.78, 5) is 42.9. The zero-order valence-corrected chi connectivity index (χ0v) is 25.5. The lowest BCUT2D eigenvalue weighted by Crippen LogP contribution is -2.75. The highest BCUT2D eigenvalue weighted by molar-refractivity contribution is 6.25. The highest BCUT2D eigenvalue weighted by atomic mass is 16.4. The summed E-state index contributed by atoms with van der Waals surface area (Å²) < 4.78 is 0. The Balaban J connectivity index is 1.78. The van der Waals surface area contributed by atoms with Gasteiger partial charge in [0.15, 0.2) is 17.2 Å². The van der Waals surface area contributed by atoms with Crippen molar-refractivity contribution in [3.63, 3.8) is 0 Å². The van der Waals surface area contributed by atoms with Gasteiger partial charge in [-0.25, -0.2) is 0 Å². The van der Waals surface area contributed by atoms with E-state index in [-0.39, 0.29) is 28.7 Å². The number of hydrogen-bond acceptors (Lipinski definition) is 8. The summed E-state index contributed by atoms with van der Waals surface area (Å²) in [5.74, 6) is -6.68. The van der Waals surface area contributed by atoms with Gasteiger partial charge in [0.05, 0.1) is 17.2 Å². The molecule has 5 rings (SSSR count). The minimum atomic E-state index is -2.88. The third-order valence-corrected chi connectivity index (χ3v) is 11.8. The smallest absolute Gasteiger partial charge is 0.203 e. The van der Waals surface area contributed by atoms with Gasteiger partial charge in [-0.05, 0) is 41.7 Å². The fraction of sp³-hybridized carbons (Fsp3) is 0.618. The molecule has 0 aliphatic heterocycles. The maximum absolute atomic E-state index is 14.6. The molecule has 5 N–H and O–H groups in total. The summed E-state index contributed by atoms with van der Waals surface area (Å²) >= 11 is 0. The van der Waals surface area contributed by atoms with Crippen LogP contribution in [0, 0.1) is 28.1 Å². The molecule has 0 aromatic heterocycles. The minimum Gasteiger partial charge on any atom is -0.508 e. The van der Waals surface area contributed by atoms with E-state index >= 15 is 0 Å². The average molecular weight is 581 g/mol. The number of allylic oxidation sites excluding steroid dienone is 1. The van der Waals surface area contributed by atoms with Gasteiger partial charge in [0.25, 0.3) is 0 Å². The van der Waals surface area contributed by atoms with Gasteiger partial charge in [0, 0.05) is 23.2 Å². The number of hydrogen-bond donors (Lipinski definition) is 5. The van der Waals surface area contributed by atoms with Crippen LogP contribution in [0.4, 0.5) is 0 Å². The first-order chi connectivity index (χ1) is 19.6. The second kappa shape index (κ2) is 9.78. The zero-order chi connectivity index (χ0) is 31.2. The molecule has 1 aromatic carbocycles. The Kier molecular flexibility index (Phi) is 7.10. The van der Waals surface area contributed by atoms with Crippen molar-refractivity contribution in [3.05, 3.63) is 46.2 Å². The lowest BCUT2D eigenvalue weighted by molar-refractivity contribution is -0.215. The molecule has 8 nitrogen and oxygen atoms in total. The fourth-order valence-corrected chi connectivity index (χ4v) is 9.20. The van der Waals surface area contributed by atoms with Gasteiger partial charge in [0.2, 0.25) is 5.78 Å². The number of Topliss-reactive ketones (excluding diaryl/α,β-unsaturated/α-hetero) is 3. The molecule has 1 unspecified atom stereocenters. The molecule has 2 saturated carbocycles. The first-order valence-corrected chi connectivity index (χ1v) is 15.3. The van der Waals surface area contributed by atoms with E-state index in [1.807, 2.05) is 6.92 Å². The van der Waals surface area contributed by atoms with Crippen LogP contribution in [0.15, 0.2) is 35.1 Å². The van der Waals surface area contributed by atoms with Crippen LogP contribution in [0.2, 0.25) is 0 Å². The van der Waals surface area contributed by atoms with Gasteiger partial charge in [-0.15, -0.1) is 0 Å². The molecule has 0 saturated heterocycles. The van der Waals surface area contributed by atoms with Gasteiger partial charge in [-0.1, -0.05) is 79.4 Å². The average Bonchev–Trinajstić information content (AvgIpc) is 2.93. The van der Waals surface area contributed by atoms with Crippen LogP contribution in [0.3, 0.4) is 0 Å². The lowest BCUT2D eigenvalue weighted by atomic mass is 9.40. The summed E-state index contributed by atoms with van der Waals surface area (Å²) in [6, 6.07) is 4.65. The molecule has 2 fully saturated rings. The molecule has 0 amide bonds. The molecule has 6 atom stereocenters. The number of aliphatic hydroxyl groups is 4. The molecule has 4 aliphatic carbocycles. The number of carbonyl (C=O) groups excluding carboxylic acids is 3. The highest BCUT2D eigenvalue weighted by Crippen LogP contribution is 2.67. The summed E-state index contributed by atoms with van der Waals surface area (Å²) in [5.41, 5.74) is -7.08. The van der Waals surface area contributed by atoms with Gasteiger partial charge >= 0.3 is 0 Å². The number of aliphatic hydroxyl groups excluding tert-OH is 3. The molecule has 0 spiro atoms. The molecule has 1 aromatic rings. The van der Waals surface area contributed by atoms with Crippen LogP contribution in [0.5, 0.6) is 5.75 Å². The largest absolute Gasteiger partial charge is 0.508 e.